The van der Waals surface area contributed by atoms with Crippen molar-refractivity contribution < 1.29 is 8.78 Å². The second-order valence-corrected chi connectivity index (χ2v) is 10.0. The van der Waals surface area contributed by atoms with Crippen LogP contribution in [0.25, 0.3) is 44.3 Å². The molecule has 0 N–H and O–H groups in total. The lowest BCUT2D eigenvalue weighted by atomic mass is 10.0. The Bertz CT molecular complexity index is 2100. The average Bonchev–Trinajstić information content (AvgIpc) is 3.03. The molecule has 0 saturated heterocycles. The Hall–Kier alpha value is -5.27. The van der Waals surface area contributed by atoms with Crippen molar-refractivity contribution >= 4 is 50.6 Å². The highest BCUT2D eigenvalue weighted by molar-refractivity contribution is 6.30. The van der Waals surface area contributed by atoms with Crippen molar-refractivity contribution in [1.29, 1.82) is 0 Å². The molecular weight excluding hydrogens is 552 g/mol. The molecule has 0 aliphatic heterocycles. The molecule has 5 nitrogen and oxygen atoms in total. The van der Waals surface area contributed by atoms with Crippen molar-refractivity contribution in [2.45, 2.75) is 0 Å². The maximum Gasteiger partial charge on any atom is 0.140 e. The molecule has 7 aromatic rings. The molecule has 0 radical (unpaired) electrons. The standard InChI is InChI=1S/C34H20ClF2N5/c35-21-13-14-27(37)25(17-21)31-19-33(24-9-3-6-12-29(24)41-31)42(34-15-16-38-20-39-34)32-18-30(22-7-1-4-10-26(22)36)40-28-11-5-2-8-23(28)32/h1-20H. The molecule has 0 aliphatic carbocycles. The molecule has 0 atom stereocenters. The first-order valence-corrected chi connectivity index (χ1v) is 13.5. The summed E-state index contributed by atoms with van der Waals surface area (Å²) >= 11 is 6.27. The van der Waals surface area contributed by atoms with Crippen molar-refractivity contribution in [3.63, 3.8) is 0 Å². The number of nitrogens with zero attached hydrogens (tertiary/aromatic N) is 5. The van der Waals surface area contributed by atoms with Crippen LogP contribution in [0, 0.1) is 11.6 Å². The van der Waals surface area contributed by atoms with Crippen LogP contribution >= 0.6 is 11.6 Å². The molecule has 7 rings (SSSR count). The van der Waals surface area contributed by atoms with Gasteiger partial charge < -0.3 is 0 Å². The third-order valence-corrected chi connectivity index (χ3v) is 7.26. The number of aromatic nitrogens is 4. The number of benzene rings is 4. The Morgan fingerprint density at radius 2 is 1.19 bits per heavy atom. The van der Waals surface area contributed by atoms with E-state index in [1.807, 2.05) is 65.6 Å². The van der Waals surface area contributed by atoms with Gasteiger partial charge in [-0.15, -0.1) is 0 Å². The van der Waals surface area contributed by atoms with Crippen LogP contribution in [0.4, 0.5) is 26.0 Å². The minimum Gasteiger partial charge on any atom is -0.293 e. The Kier molecular flexibility index (Phi) is 6.49. The second kappa shape index (κ2) is 10.6. The molecule has 0 amide bonds. The molecule has 8 heteroatoms. The summed E-state index contributed by atoms with van der Waals surface area (Å²) in [6, 6.07) is 31.7. The molecule has 0 unspecified atom stereocenters. The lowest BCUT2D eigenvalue weighted by Gasteiger charge is -2.27. The van der Waals surface area contributed by atoms with E-state index < -0.39 is 5.82 Å². The SMILES string of the molecule is Fc1ccccc1-c1cc(N(c2ccncn2)c2cc(-c3cc(Cl)ccc3F)nc3ccccc23)c2ccccc2n1. The Morgan fingerprint density at radius 3 is 1.83 bits per heavy atom. The average molecular weight is 572 g/mol. The zero-order chi connectivity index (χ0) is 28.6. The lowest BCUT2D eigenvalue weighted by molar-refractivity contribution is 0.630. The van der Waals surface area contributed by atoms with E-state index in [1.54, 1.807) is 36.5 Å². The van der Waals surface area contributed by atoms with E-state index in [1.165, 1.54) is 24.5 Å². The normalized spacial score (nSPS) is 11.2. The third kappa shape index (κ3) is 4.60. The van der Waals surface area contributed by atoms with Gasteiger partial charge in [0.05, 0.1) is 33.8 Å². The van der Waals surface area contributed by atoms with Crippen molar-refractivity contribution in [2.75, 3.05) is 4.90 Å². The van der Waals surface area contributed by atoms with Gasteiger partial charge in [0.1, 0.15) is 23.8 Å². The van der Waals surface area contributed by atoms with Gasteiger partial charge in [0, 0.05) is 33.1 Å². The van der Waals surface area contributed by atoms with E-state index in [4.69, 9.17) is 21.6 Å². The number of pyridine rings is 2. The van der Waals surface area contributed by atoms with Gasteiger partial charge in [-0.1, -0.05) is 60.1 Å². The maximum atomic E-state index is 15.1. The molecule has 3 aromatic heterocycles. The fourth-order valence-electron chi connectivity index (χ4n) is 5.12. The Morgan fingerprint density at radius 1 is 0.595 bits per heavy atom. The number of fused-ring (bicyclic) bond motifs is 2. The largest absolute Gasteiger partial charge is 0.293 e. The predicted molar refractivity (Wildman–Crippen MR) is 163 cm³/mol. The van der Waals surface area contributed by atoms with Crippen LogP contribution < -0.4 is 4.90 Å². The number of anilines is 3. The molecule has 202 valence electrons. The summed E-state index contributed by atoms with van der Waals surface area (Å²) in [7, 11) is 0. The van der Waals surface area contributed by atoms with E-state index in [0.717, 1.165) is 10.8 Å². The predicted octanol–water partition coefficient (Wildman–Crippen LogP) is 9.31. The molecule has 0 bridgehead atoms. The van der Waals surface area contributed by atoms with Gasteiger partial charge in [-0.2, -0.15) is 0 Å². The van der Waals surface area contributed by atoms with Crippen molar-refractivity contribution in [2.24, 2.45) is 0 Å². The number of hydrogen-bond donors (Lipinski definition) is 0. The van der Waals surface area contributed by atoms with Gasteiger partial charge >= 0.3 is 0 Å². The van der Waals surface area contributed by atoms with Gasteiger partial charge in [-0.3, -0.25) is 4.90 Å². The summed E-state index contributed by atoms with van der Waals surface area (Å²) in [5.74, 6) is -0.277. The lowest BCUT2D eigenvalue weighted by Crippen LogP contribution is -2.14. The number of para-hydroxylation sites is 2. The summed E-state index contributed by atoms with van der Waals surface area (Å²) in [5, 5.41) is 2.01. The van der Waals surface area contributed by atoms with Gasteiger partial charge in [0.2, 0.25) is 0 Å². The van der Waals surface area contributed by atoms with E-state index >= 15 is 8.78 Å². The summed E-state index contributed by atoms with van der Waals surface area (Å²) in [6.45, 7) is 0. The first-order valence-electron chi connectivity index (χ1n) is 13.1. The number of halogens is 3. The highest BCUT2D eigenvalue weighted by atomic mass is 35.5. The van der Waals surface area contributed by atoms with Crippen molar-refractivity contribution in [3.05, 3.63) is 138 Å². The second-order valence-electron chi connectivity index (χ2n) is 9.59. The van der Waals surface area contributed by atoms with E-state index in [9.17, 15) is 0 Å². The number of rotatable bonds is 5. The topological polar surface area (TPSA) is 54.8 Å². The minimum absolute atomic E-state index is 0.267. The molecule has 0 saturated carbocycles. The maximum absolute atomic E-state index is 15.1. The van der Waals surface area contributed by atoms with Crippen LogP contribution in [-0.2, 0) is 0 Å². The third-order valence-electron chi connectivity index (χ3n) is 7.02. The highest BCUT2D eigenvalue weighted by Gasteiger charge is 2.23. The molecule has 3 heterocycles. The van der Waals surface area contributed by atoms with E-state index in [0.29, 0.717) is 50.2 Å². The van der Waals surface area contributed by atoms with Crippen molar-refractivity contribution in [1.82, 2.24) is 19.9 Å². The summed E-state index contributed by atoms with van der Waals surface area (Å²) in [5.41, 5.74) is 4.20. The Balaban J connectivity index is 1.58. The zero-order valence-electron chi connectivity index (χ0n) is 21.9. The monoisotopic (exact) mass is 571 g/mol. The highest BCUT2D eigenvalue weighted by Crippen LogP contribution is 2.43. The fourth-order valence-corrected chi connectivity index (χ4v) is 5.29. The fraction of sp³-hybridized carbons (Fsp3) is 0. The van der Waals surface area contributed by atoms with Crippen LogP contribution in [0.3, 0.4) is 0 Å². The molecule has 0 aliphatic rings. The quantitative estimate of drug-likeness (QED) is 0.206. The van der Waals surface area contributed by atoms with Crippen LogP contribution in [0.15, 0.2) is 122 Å². The molecular formula is C34H20ClF2N5. The zero-order valence-corrected chi connectivity index (χ0v) is 22.7. The molecule has 0 fully saturated rings. The van der Waals surface area contributed by atoms with E-state index in [2.05, 4.69) is 9.97 Å². The minimum atomic E-state index is -0.446. The molecule has 0 spiro atoms. The van der Waals surface area contributed by atoms with Crippen LogP contribution in [0.2, 0.25) is 5.02 Å². The van der Waals surface area contributed by atoms with Crippen LogP contribution in [0.5, 0.6) is 0 Å². The first kappa shape index (κ1) is 25.7. The summed E-state index contributed by atoms with van der Waals surface area (Å²) in [4.78, 5) is 20.3. The van der Waals surface area contributed by atoms with Crippen molar-refractivity contribution in [3.8, 4) is 22.5 Å². The first-order chi connectivity index (χ1) is 20.6. The molecule has 4 aromatic carbocycles. The summed E-state index contributed by atoms with van der Waals surface area (Å²) < 4.78 is 30.2. The summed E-state index contributed by atoms with van der Waals surface area (Å²) in [6.07, 6.45) is 3.11. The van der Waals surface area contributed by atoms with Gasteiger partial charge in [0.25, 0.3) is 0 Å². The molecule has 42 heavy (non-hydrogen) atoms. The smallest absolute Gasteiger partial charge is 0.140 e. The van der Waals surface area contributed by atoms with Gasteiger partial charge in [-0.05, 0) is 60.7 Å². The van der Waals surface area contributed by atoms with Gasteiger partial charge in [0.15, 0.2) is 0 Å². The van der Waals surface area contributed by atoms with E-state index in [-0.39, 0.29) is 11.4 Å². The van der Waals surface area contributed by atoms with Crippen LogP contribution in [0.1, 0.15) is 0 Å². The van der Waals surface area contributed by atoms with Gasteiger partial charge in [-0.25, -0.2) is 28.7 Å². The Labute approximate surface area is 244 Å². The number of hydrogen-bond acceptors (Lipinski definition) is 5. The van der Waals surface area contributed by atoms with Crippen LogP contribution in [-0.4, -0.2) is 19.9 Å².